The van der Waals surface area contributed by atoms with Gasteiger partial charge in [-0.15, -0.1) is 0 Å². The van der Waals surface area contributed by atoms with Crippen LogP contribution in [0.1, 0.15) is 40.0 Å². The van der Waals surface area contributed by atoms with E-state index in [2.05, 4.69) is 31.1 Å². The maximum Gasteiger partial charge on any atom is 0.157 e. The Morgan fingerprint density at radius 3 is 2.54 bits per heavy atom. The summed E-state index contributed by atoms with van der Waals surface area (Å²) < 4.78 is 0. The third-order valence-corrected chi connectivity index (χ3v) is 3.89. The lowest BCUT2D eigenvalue weighted by Crippen LogP contribution is -2.42. The van der Waals surface area contributed by atoms with Crippen LogP contribution in [-0.4, -0.2) is 23.0 Å². The van der Waals surface area contributed by atoms with Crippen molar-refractivity contribution in [2.24, 2.45) is 4.99 Å². The summed E-state index contributed by atoms with van der Waals surface area (Å²) in [6.45, 7) is 7.62. The molecule has 3 heteroatoms. The molecule has 0 aromatic rings. The minimum Gasteiger partial charge on any atom is -0.359 e. The van der Waals surface area contributed by atoms with Gasteiger partial charge < -0.3 is 5.32 Å². The summed E-state index contributed by atoms with van der Waals surface area (Å²) in [4.78, 5) is 4.50. The summed E-state index contributed by atoms with van der Waals surface area (Å²) in [6, 6.07) is 0. The predicted molar refractivity (Wildman–Crippen MR) is 61.5 cm³/mol. The van der Waals surface area contributed by atoms with E-state index in [1.54, 1.807) is 0 Å². The van der Waals surface area contributed by atoms with E-state index in [1.807, 2.05) is 11.8 Å². The summed E-state index contributed by atoms with van der Waals surface area (Å²) in [5.74, 6) is 1.18. The lowest BCUT2D eigenvalue weighted by Gasteiger charge is -2.25. The molecule has 0 aromatic carbocycles. The Bertz CT molecular complexity index is 185. The molecule has 13 heavy (non-hydrogen) atoms. The molecule has 0 saturated carbocycles. The van der Waals surface area contributed by atoms with Crippen molar-refractivity contribution in [1.82, 2.24) is 5.32 Å². The van der Waals surface area contributed by atoms with Gasteiger partial charge in [0.25, 0.3) is 0 Å². The minimum absolute atomic E-state index is 0.331. The number of hydrogen-bond acceptors (Lipinski definition) is 2. The molecule has 0 atom stereocenters. The molecule has 76 valence electrons. The number of aliphatic imine (C=N–C) groups is 1. The second-order valence-electron chi connectivity index (χ2n) is 3.59. The number of thioether (sulfide) groups is 1. The van der Waals surface area contributed by atoms with Gasteiger partial charge in [0, 0.05) is 17.8 Å². The molecule has 0 spiro atoms. The van der Waals surface area contributed by atoms with E-state index in [0.717, 1.165) is 18.1 Å². The number of nitrogens with zero attached hydrogens (tertiary/aromatic N) is 1. The van der Waals surface area contributed by atoms with Gasteiger partial charge in [0.1, 0.15) is 0 Å². The molecule has 0 aromatic heterocycles. The first-order valence-electron chi connectivity index (χ1n) is 5.21. The van der Waals surface area contributed by atoms with Crippen molar-refractivity contribution in [1.29, 1.82) is 0 Å². The van der Waals surface area contributed by atoms with Gasteiger partial charge in [-0.05, 0) is 19.3 Å². The van der Waals surface area contributed by atoms with Gasteiger partial charge >= 0.3 is 0 Å². The van der Waals surface area contributed by atoms with E-state index in [1.165, 1.54) is 18.6 Å². The first-order chi connectivity index (χ1) is 6.26. The standard InChI is InChI=1S/C10H20N2S/c1-4-7-11-9-12-10(5-2,6-3)8-13-9/h4-8H2,1-3H3,(H,11,12). The van der Waals surface area contributed by atoms with Crippen LogP contribution in [0, 0.1) is 0 Å². The van der Waals surface area contributed by atoms with Crippen molar-refractivity contribution in [3.8, 4) is 0 Å². The van der Waals surface area contributed by atoms with Gasteiger partial charge in [-0.2, -0.15) is 0 Å². The molecule has 1 rings (SSSR count). The first kappa shape index (κ1) is 10.9. The van der Waals surface area contributed by atoms with Crippen molar-refractivity contribution in [2.75, 3.05) is 12.3 Å². The van der Waals surface area contributed by atoms with E-state index < -0.39 is 0 Å². The largest absolute Gasteiger partial charge is 0.359 e. The summed E-state index contributed by atoms with van der Waals surface area (Å²) in [5, 5.41) is 4.71. The third-order valence-electron chi connectivity index (χ3n) is 2.69. The highest BCUT2D eigenvalue weighted by Crippen LogP contribution is 2.28. The monoisotopic (exact) mass is 200 g/mol. The fraction of sp³-hybridized carbons (Fsp3) is 0.900. The van der Waals surface area contributed by atoms with E-state index in [-0.39, 0.29) is 0 Å². The molecule has 1 heterocycles. The Labute approximate surface area is 85.6 Å². The van der Waals surface area contributed by atoms with Gasteiger partial charge in [-0.3, -0.25) is 4.99 Å². The molecule has 1 aliphatic rings. The average Bonchev–Trinajstić information content (AvgIpc) is 2.59. The van der Waals surface area contributed by atoms with Crippen LogP contribution >= 0.6 is 11.8 Å². The van der Waals surface area contributed by atoms with Crippen molar-refractivity contribution in [3.05, 3.63) is 0 Å². The predicted octanol–water partition coefficient (Wildman–Crippen LogP) is 2.65. The first-order valence-corrected chi connectivity index (χ1v) is 6.20. The highest BCUT2D eigenvalue weighted by Gasteiger charge is 2.33. The van der Waals surface area contributed by atoms with Gasteiger partial charge in [0.05, 0.1) is 0 Å². The Kier molecular flexibility index (Phi) is 4.10. The van der Waals surface area contributed by atoms with Crippen LogP contribution < -0.4 is 5.32 Å². The maximum atomic E-state index is 4.50. The lowest BCUT2D eigenvalue weighted by atomic mass is 9.96. The molecular weight excluding hydrogens is 180 g/mol. The number of rotatable bonds is 4. The van der Waals surface area contributed by atoms with Gasteiger partial charge in [0.15, 0.2) is 5.17 Å². The zero-order chi connectivity index (χ0) is 9.73. The van der Waals surface area contributed by atoms with Crippen LogP contribution in [0.15, 0.2) is 4.99 Å². The number of nitrogens with one attached hydrogen (secondary N) is 1. The quantitative estimate of drug-likeness (QED) is 0.754. The number of hydrogen-bond donors (Lipinski definition) is 1. The zero-order valence-electron chi connectivity index (χ0n) is 8.89. The van der Waals surface area contributed by atoms with Crippen LogP contribution in [0.3, 0.4) is 0 Å². The number of amidine groups is 1. The molecule has 1 saturated heterocycles. The van der Waals surface area contributed by atoms with Crippen LogP contribution in [-0.2, 0) is 0 Å². The summed E-state index contributed by atoms with van der Waals surface area (Å²) >= 11 is 1.88. The van der Waals surface area contributed by atoms with Crippen molar-refractivity contribution in [2.45, 2.75) is 45.6 Å². The van der Waals surface area contributed by atoms with Gasteiger partial charge in [-0.25, -0.2) is 0 Å². The minimum atomic E-state index is 0.331. The Morgan fingerprint density at radius 1 is 1.38 bits per heavy atom. The van der Waals surface area contributed by atoms with E-state index in [9.17, 15) is 0 Å². The van der Waals surface area contributed by atoms with Crippen LogP contribution in [0.2, 0.25) is 0 Å². The zero-order valence-corrected chi connectivity index (χ0v) is 9.71. The molecule has 2 nitrogen and oxygen atoms in total. The molecule has 1 N–H and O–H groups in total. The third kappa shape index (κ3) is 2.63. The topological polar surface area (TPSA) is 24.4 Å². The van der Waals surface area contributed by atoms with E-state index >= 15 is 0 Å². The van der Waals surface area contributed by atoms with Crippen molar-refractivity contribution < 1.29 is 0 Å². The summed E-state index contributed by atoms with van der Waals surface area (Å²) in [6.07, 6.45) is 3.53. The Morgan fingerprint density at radius 2 is 2.08 bits per heavy atom. The second-order valence-corrected chi connectivity index (χ2v) is 4.55. The SMILES string of the molecule is CCCN=C1NC(CC)(CC)CS1. The highest BCUT2D eigenvalue weighted by atomic mass is 32.2. The van der Waals surface area contributed by atoms with E-state index in [0.29, 0.717) is 5.54 Å². The lowest BCUT2D eigenvalue weighted by molar-refractivity contribution is 0.407. The summed E-state index contributed by atoms with van der Waals surface area (Å²) in [7, 11) is 0. The maximum absolute atomic E-state index is 4.50. The highest BCUT2D eigenvalue weighted by molar-refractivity contribution is 8.14. The van der Waals surface area contributed by atoms with Crippen LogP contribution in [0.4, 0.5) is 0 Å². The molecule has 0 bridgehead atoms. The molecule has 0 aliphatic carbocycles. The molecule has 1 aliphatic heterocycles. The molecule has 1 fully saturated rings. The summed E-state index contributed by atoms with van der Waals surface area (Å²) in [5.41, 5.74) is 0.331. The Hall–Kier alpha value is -0.180. The molecule has 0 radical (unpaired) electrons. The van der Waals surface area contributed by atoms with Crippen molar-refractivity contribution >= 4 is 16.9 Å². The van der Waals surface area contributed by atoms with Crippen molar-refractivity contribution in [3.63, 3.8) is 0 Å². The fourth-order valence-electron chi connectivity index (χ4n) is 1.43. The normalized spacial score (nSPS) is 23.5. The smallest absolute Gasteiger partial charge is 0.157 e. The van der Waals surface area contributed by atoms with E-state index in [4.69, 9.17) is 0 Å². The Balaban J connectivity index is 2.51. The van der Waals surface area contributed by atoms with Crippen LogP contribution in [0.25, 0.3) is 0 Å². The van der Waals surface area contributed by atoms with Gasteiger partial charge in [-0.1, -0.05) is 32.5 Å². The van der Waals surface area contributed by atoms with Gasteiger partial charge in [0.2, 0.25) is 0 Å². The van der Waals surface area contributed by atoms with Crippen LogP contribution in [0.5, 0.6) is 0 Å². The molecule has 0 amide bonds. The average molecular weight is 200 g/mol. The molecular formula is C10H20N2S. The fourth-order valence-corrected chi connectivity index (χ4v) is 2.80. The second kappa shape index (κ2) is 4.89. The molecule has 0 unspecified atom stereocenters.